The van der Waals surface area contributed by atoms with E-state index in [1.54, 1.807) is 6.92 Å². The number of anilines is 1. The van der Waals surface area contributed by atoms with Crippen molar-refractivity contribution in [3.8, 4) is 0 Å². The highest BCUT2D eigenvalue weighted by molar-refractivity contribution is 5.95. The Balaban J connectivity index is 1.98. The second-order valence-corrected chi connectivity index (χ2v) is 4.85. The summed E-state index contributed by atoms with van der Waals surface area (Å²) in [4.78, 5) is 25.3. The summed E-state index contributed by atoms with van der Waals surface area (Å²) in [5, 5.41) is 5.16. The van der Waals surface area contributed by atoms with E-state index in [2.05, 4.69) is 10.6 Å². The molecule has 1 aliphatic rings. The Hall–Kier alpha value is -2.02. The lowest BCUT2D eigenvalue weighted by Gasteiger charge is -2.31. The number of amides is 2. The lowest BCUT2D eigenvalue weighted by Crippen LogP contribution is -2.53. The molecule has 21 heavy (non-hydrogen) atoms. The Morgan fingerprint density at radius 2 is 1.95 bits per heavy atom. The molecule has 2 rings (SSSR count). The summed E-state index contributed by atoms with van der Waals surface area (Å²) in [6.45, 7) is 3.08. The Morgan fingerprint density at radius 1 is 1.33 bits per heavy atom. The SMILES string of the molecule is CCN(CC(=O)Nc1c(F)cccc1F)C(=O)C1CNC1. The largest absolute Gasteiger partial charge is 0.333 e. The second-order valence-electron chi connectivity index (χ2n) is 4.85. The van der Waals surface area contributed by atoms with Gasteiger partial charge in [0.15, 0.2) is 0 Å². The van der Waals surface area contributed by atoms with E-state index in [0.717, 1.165) is 12.1 Å². The van der Waals surface area contributed by atoms with Gasteiger partial charge in [-0.05, 0) is 19.1 Å². The van der Waals surface area contributed by atoms with Crippen LogP contribution >= 0.6 is 0 Å². The van der Waals surface area contributed by atoms with Gasteiger partial charge in [-0.15, -0.1) is 0 Å². The van der Waals surface area contributed by atoms with Crippen molar-refractivity contribution in [1.82, 2.24) is 10.2 Å². The molecule has 0 spiro atoms. The molecule has 0 bridgehead atoms. The van der Waals surface area contributed by atoms with Crippen molar-refractivity contribution in [3.05, 3.63) is 29.8 Å². The highest BCUT2D eigenvalue weighted by Gasteiger charge is 2.29. The Labute approximate surface area is 121 Å². The zero-order valence-electron chi connectivity index (χ0n) is 11.7. The number of nitrogens with zero attached hydrogens (tertiary/aromatic N) is 1. The van der Waals surface area contributed by atoms with Crippen LogP contribution in [-0.4, -0.2) is 42.9 Å². The third-order valence-electron chi connectivity index (χ3n) is 3.39. The number of rotatable bonds is 5. The van der Waals surface area contributed by atoms with Crippen LogP contribution in [0.3, 0.4) is 0 Å². The second kappa shape index (κ2) is 6.62. The van der Waals surface area contributed by atoms with Crippen LogP contribution in [0, 0.1) is 17.6 Å². The van der Waals surface area contributed by atoms with Gasteiger partial charge in [-0.1, -0.05) is 6.07 Å². The fourth-order valence-corrected chi connectivity index (χ4v) is 2.04. The van der Waals surface area contributed by atoms with Gasteiger partial charge >= 0.3 is 0 Å². The average molecular weight is 297 g/mol. The third-order valence-corrected chi connectivity index (χ3v) is 3.39. The van der Waals surface area contributed by atoms with Crippen LogP contribution in [-0.2, 0) is 9.59 Å². The summed E-state index contributed by atoms with van der Waals surface area (Å²) in [6, 6.07) is 3.33. The summed E-state index contributed by atoms with van der Waals surface area (Å²) >= 11 is 0. The molecule has 2 N–H and O–H groups in total. The van der Waals surface area contributed by atoms with Crippen LogP contribution in [0.4, 0.5) is 14.5 Å². The molecule has 1 saturated heterocycles. The number of hydrogen-bond donors (Lipinski definition) is 2. The molecule has 1 aliphatic heterocycles. The van der Waals surface area contributed by atoms with Crippen molar-refractivity contribution in [2.45, 2.75) is 6.92 Å². The standard InChI is InChI=1S/C14H17F2N3O2/c1-2-19(14(21)9-6-17-7-9)8-12(20)18-13-10(15)4-3-5-11(13)16/h3-5,9,17H,2,6-8H2,1H3,(H,18,20). The topological polar surface area (TPSA) is 61.4 Å². The number of carbonyl (C=O) groups is 2. The summed E-state index contributed by atoms with van der Waals surface area (Å²) in [7, 11) is 0. The predicted octanol–water partition coefficient (Wildman–Crippen LogP) is 0.971. The highest BCUT2D eigenvalue weighted by Crippen LogP contribution is 2.18. The highest BCUT2D eigenvalue weighted by atomic mass is 19.1. The number of hydrogen-bond acceptors (Lipinski definition) is 3. The van der Waals surface area contributed by atoms with E-state index in [0.29, 0.717) is 19.6 Å². The molecule has 1 fully saturated rings. The lowest BCUT2D eigenvalue weighted by atomic mass is 10.0. The van der Waals surface area contributed by atoms with Crippen LogP contribution in [0.2, 0.25) is 0 Å². The monoisotopic (exact) mass is 297 g/mol. The van der Waals surface area contributed by atoms with Crippen molar-refractivity contribution in [3.63, 3.8) is 0 Å². The minimum absolute atomic E-state index is 0.122. The van der Waals surface area contributed by atoms with Crippen molar-refractivity contribution in [2.75, 3.05) is 31.5 Å². The zero-order valence-corrected chi connectivity index (χ0v) is 11.7. The van der Waals surface area contributed by atoms with E-state index in [-0.39, 0.29) is 18.4 Å². The first-order valence-corrected chi connectivity index (χ1v) is 6.76. The fraction of sp³-hybridized carbons (Fsp3) is 0.429. The maximum absolute atomic E-state index is 13.4. The summed E-state index contributed by atoms with van der Waals surface area (Å²) in [5.41, 5.74) is -0.490. The molecule has 1 aromatic carbocycles. The average Bonchev–Trinajstić information content (AvgIpc) is 2.38. The molecule has 114 valence electrons. The van der Waals surface area contributed by atoms with Crippen LogP contribution in [0.15, 0.2) is 18.2 Å². The molecule has 0 unspecified atom stereocenters. The minimum Gasteiger partial charge on any atom is -0.333 e. The molecule has 2 amide bonds. The maximum atomic E-state index is 13.4. The summed E-state index contributed by atoms with van der Waals surface area (Å²) in [6.07, 6.45) is 0. The summed E-state index contributed by atoms with van der Waals surface area (Å²) in [5.74, 6) is -2.56. The van der Waals surface area contributed by atoms with Crippen molar-refractivity contribution < 1.29 is 18.4 Å². The van der Waals surface area contributed by atoms with E-state index >= 15 is 0 Å². The Kier molecular flexibility index (Phi) is 4.85. The van der Waals surface area contributed by atoms with Crippen molar-refractivity contribution in [1.29, 1.82) is 0 Å². The van der Waals surface area contributed by atoms with Crippen LogP contribution in [0.5, 0.6) is 0 Å². The number of halogens is 2. The molecule has 0 aromatic heterocycles. The van der Waals surface area contributed by atoms with Crippen molar-refractivity contribution >= 4 is 17.5 Å². The quantitative estimate of drug-likeness (QED) is 0.851. The van der Waals surface area contributed by atoms with Gasteiger partial charge < -0.3 is 15.5 Å². The molecule has 1 heterocycles. The van der Waals surface area contributed by atoms with Crippen LogP contribution in [0.25, 0.3) is 0 Å². The normalized spacial score (nSPS) is 14.4. The number of nitrogens with one attached hydrogen (secondary N) is 2. The first-order chi connectivity index (χ1) is 10.0. The molecule has 0 saturated carbocycles. The number of para-hydroxylation sites is 1. The smallest absolute Gasteiger partial charge is 0.244 e. The van der Waals surface area contributed by atoms with Crippen molar-refractivity contribution in [2.24, 2.45) is 5.92 Å². The maximum Gasteiger partial charge on any atom is 0.244 e. The Morgan fingerprint density at radius 3 is 2.43 bits per heavy atom. The molecular weight excluding hydrogens is 280 g/mol. The summed E-state index contributed by atoms with van der Waals surface area (Å²) < 4.78 is 26.9. The molecule has 5 nitrogen and oxygen atoms in total. The fourth-order valence-electron chi connectivity index (χ4n) is 2.04. The number of carbonyl (C=O) groups excluding carboxylic acids is 2. The third kappa shape index (κ3) is 3.55. The van der Waals surface area contributed by atoms with E-state index in [1.165, 1.54) is 11.0 Å². The van der Waals surface area contributed by atoms with Crippen LogP contribution < -0.4 is 10.6 Å². The molecule has 1 aromatic rings. The Bertz CT molecular complexity index is 527. The van der Waals surface area contributed by atoms with Gasteiger partial charge in [0.05, 0.1) is 12.5 Å². The first-order valence-electron chi connectivity index (χ1n) is 6.76. The van der Waals surface area contributed by atoms with Gasteiger partial charge in [-0.2, -0.15) is 0 Å². The molecular formula is C14H17F2N3O2. The van der Waals surface area contributed by atoms with Gasteiger partial charge in [-0.25, -0.2) is 8.78 Å². The molecule has 0 atom stereocenters. The first kappa shape index (κ1) is 15.4. The van der Waals surface area contributed by atoms with E-state index in [1.807, 2.05) is 0 Å². The van der Waals surface area contributed by atoms with E-state index < -0.39 is 23.2 Å². The molecule has 0 radical (unpaired) electrons. The van der Waals surface area contributed by atoms with Gasteiger partial charge in [0.25, 0.3) is 0 Å². The molecule has 0 aliphatic carbocycles. The van der Waals surface area contributed by atoms with E-state index in [4.69, 9.17) is 0 Å². The lowest BCUT2D eigenvalue weighted by molar-refractivity contribution is -0.139. The van der Waals surface area contributed by atoms with Gasteiger partial charge in [0.1, 0.15) is 17.3 Å². The predicted molar refractivity (Wildman–Crippen MR) is 73.6 cm³/mol. The minimum atomic E-state index is -0.846. The zero-order chi connectivity index (χ0) is 15.4. The molecule has 7 heteroatoms. The van der Waals surface area contributed by atoms with Gasteiger partial charge in [0.2, 0.25) is 11.8 Å². The van der Waals surface area contributed by atoms with Crippen LogP contribution in [0.1, 0.15) is 6.92 Å². The van der Waals surface area contributed by atoms with Gasteiger partial charge in [-0.3, -0.25) is 9.59 Å². The van der Waals surface area contributed by atoms with E-state index in [9.17, 15) is 18.4 Å². The van der Waals surface area contributed by atoms with Gasteiger partial charge in [0, 0.05) is 19.6 Å². The number of benzene rings is 1. The number of likely N-dealkylation sites (N-methyl/N-ethyl adjacent to an activating group) is 1.